The van der Waals surface area contributed by atoms with E-state index in [0.29, 0.717) is 18.2 Å². The zero-order valence-corrected chi connectivity index (χ0v) is 14.8. The van der Waals surface area contributed by atoms with Gasteiger partial charge in [-0.1, -0.05) is 50.2 Å². The van der Waals surface area contributed by atoms with Crippen LogP contribution in [0.5, 0.6) is 5.75 Å². The molecule has 0 radical (unpaired) electrons. The second kappa shape index (κ2) is 8.87. The molecule has 5 nitrogen and oxygen atoms in total. The van der Waals surface area contributed by atoms with Gasteiger partial charge in [0.05, 0.1) is 7.11 Å². The van der Waals surface area contributed by atoms with E-state index in [1.807, 2.05) is 48.5 Å². The molecule has 2 N–H and O–H groups in total. The molecule has 0 saturated heterocycles. The maximum Gasteiger partial charge on any atom is 0.309 e. The highest BCUT2D eigenvalue weighted by atomic mass is 16.5. The lowest BCUT2D eigenvalue weighted by Gasteiger charge is -2.09. The fraction of sp³-hybridized carbons (Fsp3) is 0.300. The Morgan fingerprint density at radius 1 is 0.920 bits per heavy atom. The van der Waals surface area contributed by atoms with Crippen LogP contribution in [0.3, 0.4) is 0 Å². The molecule has 5 heteroatoms. The van der Waals surface area contributed by atoms with Crippen molar-refractivity contribution in [1.29, 1.82) is 0 Å². The summed E-state index contributed by atoms with van der Waals surface area (Å²) in [4.78, 5) is 23.8. The number of hydrogen-bond acceptors (Lipinski definition) is 3. The highest BCUT2D eigenvalue weighted by Crippen LogP contribution is 2.14. The topological polar surface area (TPSA) is 67.4 Å². The van der Waals surface area contributed by atoms with Crippen molar-refractivity contribution in [2.45, 2.75) is 32.9 Å². The molecule has 0 aliphatic rings. The summed E-state index contributed by atoms with van der Waals surface area (Å²) >= 11 is 0. The van der Waals surface area contributed by atoms with Gasteiger partial charge in [-0.2, -0.15) is 0 Å². The summed E-state index contributed by atoms with van der Waals surface area (Å²) in [5.41, 5.74) is 3.06. The quantitative estimate of drug-likeness (QED) is 0.795. The average molecular weight is 340 g/mol. The van der Waals surface area contributed by atoms with Crippen molar-refractivity contribution in [3.05, 3.63) is 65.2 Å². The number of carbonyl (C=O) groups is 2. The summed E-state index contributed by atoms with van der Waals surface area (Å²) in [6.07, 6.45) is 0. The first kappa shape index (κ1) is 18.5. The first-order chi connectivity index (χ1) is 12.0. The fourth-order valence-corrected chi connectivity index (χ4v) is 2.33. The Labute approximate surface area is 148 Å². The van der Waals surface area contributed by atoms with Crippen LogP contribution in [0.1, 0.15) is 36.5 Å². The summed E-state index contributed by atoms with van der Waals surface area (Å²) in [5.74, 6) is -0.121. The number of benzene rings is 2. The van der Waals surface area contributed by atoms with Crippen molar-refractivity contribution in [2.24, 2.45) is 0 Å². The minimum atomic E-state index is -0.651. The van der Waals surface area contributed by atoms with E-state index < -0.39 is 11.8 Å². The van der Waals surface area contributed by atoms with E-state index in [1.165, 1.54) is 5.56 Å². The Morgan fingerprint density at radius 3 is 2.08 bits per heavy atom. The second-order valence-electron chi connectivity index (χ2n) is 6.11. The van der Waals surface area contributed by atoms with Gasteiger partial charge in [-0.15, -0.1) is 0 Å². The molecule has 2 aromatic rings. The highest BCUT2D eigenvalue weighted by Gasteiger charge is 2.12. The Hall–Kier alpha value is -2.82. The molecule has 0 saturated carbocycles. The number of nitrogens with one attached hydrogen (secondary N) is 2. The molecular weight excluding hydrogens is 316 g/mol. The van der Waals surface area contributed by atoms with E-state index in [9.17, 15) is 9.59 Å². The van der Waals surface area contributed by atoms with Crippen LogP contribution in [0.4, 0.5) is 0 Å². The van der Waals surface area contributed by atoms with Gasteiger partial charge in [-0.3, -0.25) is 9.59 Å². The maximum absolute atomic E-state index is 11.9. The van der Waals surface area contributed by atoms with E-state index in [2.05, 4.69) is 24.5 Å². The van der Waals surface area contributed by atoms with Crippen molar-refractivity contribution in [3.8, 4) is 5.75 Å². The normalized spacial score (nSPS) is 10.4. The first-order valence-corrected chi connectivity index (χ1v) is 8.27. The Bertz CT molecular complexity index is 724. The molecule has 0 aliphatic carbocycles. The molecule has 2 amide bonds. The molecule has 0 fully saturated rings. The van der Waals surface area contributed by atoms with Crippen LogP contribution in [0.2, 0.25) is 0 Å². The van der Waals surface area contributed by atoms with Gasteiger partial charge in [0, 0.05) is 13.1 Å². The second-order valence-corrected chi connectivity index (χ2v) is 6.11. The van der Waals surface area contributed by atoms with Crippen molar-refractivity contribution >= 4 is 11.8 Å². The predicted octanol–water partition coefficient (Wildman–Crippen LogP) is 2.75. The molecule has 0 heterocycles. The summed E-state index contributed by atoms with van der Waals surface area (Å²) in [5, 5.41) is 5.23. The van der Waals surface area contributed by atoms with Gasteiger partial charge in [0.2, 0.25) is 0 Å². The SMILES string of the molecule is COc1cccc(CNC(=O)C(=O)NCc2ccc(C(C)C)cc2)c1. The number of carbonyl (C=O) groups excluding carboxylic acids is 2. The van der Waals surface area contributed by atoms with E-state index in [0.717, 1.165) is 11.1 Å². The number of ether oxygens (including phenoxy) is 1. The number of amides is 2. The van der Waals surface area contributed by atoms with E-state index in [1.54, 1.807) is 7.11 Å². The third-order valence-electron chi connectivity index (χ3n) is 3.89. The van der Waals surface area contributed by atoms with Crippen molar-refractivity contribution in [1.82, 2.24) is 10.6 Å². The lowest BCUT2D eigenvalue weighted by Crippen LogP contribution is -2.39. The molecule has 0 aliphatic heterocycles. The van der Waals surface area contributed by atoms with Crippen LogP contribution < -0.4 is 15.4 Å². The molecular formula is C20H24N2O3. The smallest absolute Gasteiger partial charge is 0.309 e. The lowest BCUT2D eigenvalue weighted by molar-refractivity contribution is -0.139. The van der Waals surface area contributed by atoms with Crippen LogP contribution in [-0.2, 0) is 22.7 Å². The van der Waals surface area contributed by atoms with E-state index in [-0.39, 0.29) is 6.54 Å². The van der Waals surface area contributed by atoms with Gasteiger partial charge in [0.25, 0.3) is 0 Å². The summed E-state index contributed by atoms with van der Waals surface area (Å²) < 4.78 is 5.13. The van der Waals surface area contributed by atoms with Crippen LogP contribution in [0.15, 0.2) is 48.5 Å². The molecule has 0 bridgehead atoms. The average Bonchev–Trinajstić information content (AvgIpc) is 2.64. The third kappa shape index (κ3) is 5.64. The molecule has 2 rings (SSSR count). The van der Waals surface area contributed by atoms with Crippen LogP contribution in [0.25, 0.3) is 0 Å². The summed E-state index contributed by atoms with van der Waals surface area (Å²) in [6.45, 7) is 4.85. The molecule has 0 spiro atoms. The number of methoxy groups -OCH3 is 1. The lowest BCUT2D eigenvalue weighted by atomic mass is 10.0. The van der Waals surface area contributed by atoms with Gasteiger partial charge in [0.1, 0.15) is 5.75 Å². The Kier molecular flexibility index (Phi) is 6.57. The van der Waals surface area contributed by atoms with Gasteiger partial charge in [-0.05, 0) is 34.7 Å². The van der Waals surface area contributed by atoms with Gasteiger partial charge < -0.3 is 15.4 Å². The Morgan fingerprint density at radius 2 is 1.52 bits per heavy atom. The van der Waals surface area contributed by atoms with E-state index >= 15 is 0 Å². The third-order valence-corrected chi connectivity index (χ3v) is 3.89. The van der Waals surface area contributed by atoms with Gasteiger partial charge >= 0.3 is 11.8 Å². The van der Waals surface area contributed by atoms with Gasteiger partial charge in [-0.25, -0.2) is 0 Å². The van der Waals surface area contributed by atoms with Gasteiger partial charge in [0.15, 0.2) is 0 Å². The van der Waals surface area contributed by atoms with Crippen molar-refractivity contribution < 1.29 is 14.3 Å². The zero-order valence-electron chi connectivity index (χ0n) is 14.8. The first-order valence-electron chi connectivity index (χ1n) is 8.27. The van der Waals surface area contributed by atoms with Crippen LogP contribution >= 0.6 is 0 Å². The Balaban J connectivity index is 1.80. The summed E-state index contributed by atoms with van der Waals surface area (Å²) in [6, 6.07) is 15.3. The molecule has 0 atom stereocenters. The molecule has 0 unspecified atom stereocenters. The molecule has 0 aromatic heterocycles. The molecule has 132 valence electrons. The van der Waals surface area contributed by atoms with Crippen molar-refractivity contribution in [2.75, 3.05) is 7.11 Å². The number of hydrogen-bond donors (Lipinski definition) is 2. The standard InChI is InChI=1S/C20H24N2O3/c1-14(2)17-9-7-15(8-10-17)12-21-19(23)20(24)22-13-16-5-4-6-18(11-16)25-3/h4-11,14H,12-13H2,1-3H3,(H,21,23)(H,22,24). The molecule has 25 heavy (non-hydrogen) atoms. The minimum Gasteiger partial charge on any atom is -0.497 e. The maximum atomic E-state index is 11.9. The monoisotopic (exact) mass is 340 g/mol. The fourth-order valence-electron chi connectivity index (χ4n) is 2.33. The van der Waals surface area contributed by atoms with E-state index in [4.69, 9.17) is 4.74 Å². The van der Waals surface area contributed by atoms with Crippen LogP contribution in [0, 0.1) is 0 Å². The minimum absolute atomic E-state index is 0.270. The zero-order chi connectivity index (χ0) is 18.2. The van der Waals surface area contributed by atoms with Crippen molar-refractivity contribution in [3.63, 3.8) is 0 Å². The molecule has 2 aromatic carbocycles. The largest absolute Gasteiger partial charge is 0.497 e. The number of rotatable bonds is 6. The van der Waals surface area contributed by atoms with Crippen LogP contribution in [-0.4, -0.2) is 18.9 Å². The highest BCUT2D eigenvalue weighted by molar-refractivity contribution is 6.35. The summed E-state index contributed by atoms with van der Waals surface area (Å²) in [7, 11) is 1.58. The predicted molar refractivity (Wildman–Crippen MR) is 97.2 cm³/mol.